The molecule has 0 spiro atoms. The smallest absolute Gasteiger partial charge is 0.223 e. The standard InChI is InChI=1S/C28H41N3O2/c1-21-8-4-5-9-25(21)16-19-30-17-14-24(15-18-30)20-31(26-10-6-7-11-26)28(32)13-12-27-22(2)29-33-23(27)3/h4-5,8-9,24,26H,6-7,10-20H2,1-3H3. The normalized spacial score (nSPS) is 18.2. The number of aryl methyl sites for hydroxylation is 3. The summed E-state index contributed by atoms with van der Waals surface area (Å²) in [5.74, 6) is 1.80. The maximum Gasteiger partial charge on any atom is 0.223 e. The van der Waals surface area contributed by atoms with Gasteiger partial charge >= 0.3 is 0 Å². The van der Waals surface area contributed by atoms with Gasteiger partial charge in [-0.25, -0.2) is 0 Å². The first-order chi connectivity index (χ1) is 16.0. The predicted octanol–water partition coefficient (Wildman–Crippen LogP) is 5.26. The first-order valence-corrected chi connectivity index (χ1v) is 13.0. The summed E-state index contributed by atoms with van der Waals surface area (Å²) in [6, 6.07) is 9.18. The highest BCUT2D eigenvalue weighted by Crippen LogP contribution is 2.28. The lowest BCUT2D eigenvalue weighted by atomic mass is 9.94. The van der Waals surface area contributed by atoms with E-state index in [-0.39, 0.29) is 0 Å². The summed E-state index contributed by atoms with van der Waals surface area (Å²) in [5, 5.41) is 4.05. The number of rotatable bonds is 9. The van der Waals surface area contributed by atoms with Crippen molar-refractivity contribution in [3.63, 3.8) is 0 Å². The Bertz CT molecular complexity index is 888. The highest BCUT2D eigenvalue weighted by Gasteiger charge is 2.30. The van der Waals surface area contributed by atoms with Gasteiger partial charge in [-0.3, -0.25) is 4.79 Å². The SMILES string of the molecule is Cc1ccccc1CCN1CCC(CN(C(=O)CCc2c(C)noc2C)C2CCCC2)CC1. The molecule has 5 heteroatoms. The molecular weight excluding hydrogens is 410 g/mol. The van der Waals surface area contributed by atoms with Gasteiger partial charge < -0.3 is 14.3 Å². The highest BCUT2D eigenvalue weighted by molar-refractivity contribution is 5.77. The molecule has 1 saturated carbocycles. The molecular formula is C28H41N3O2. The number of amides is 1. The third-order valence-corrected chi connectivity index (χ3v) is 7.98. The van der Waals surface area contributed by atoms with Crippen molar-refractivity contribution >= 4 is 5.91 Å². The second-order valence-corrected chi connectivity index (χ2v) is 10.2. The van der Waals surface area contributed by atoms with E-state index in [1.807, 2.05) is 13.8 Å². The number of carbonyl (C=O) groups excluding carboxylic acids is 1. The molecule has 1 aromatic heterocycles. The van der Waals surface area contributed by atoms with Crippen LogP contribution in [-0.2, 0) is 17.6 Å². The molecule has 1 aromatic carbocycles. The number of hydrogen-bond donors (Lipinski definition) is 0. The Hall–Kier alpha value is -2.14. The van der Waals surface area contributed by atoms with E-state index in [9.17, 15) is 4.79 Å². The zero-order valence-corrected chi connectivity index (χ0v) is 20.8. The lowest BCUT2D eigenvalue weighted by Gasteiger charge is -2.37. The average molecular weight is 452 g/mol. The van der Waals surface area contributed by atoms with Crippen LogP contribution in [0.5, 0.6) is 0 Å². The molecule has 33 heavy (non-hydrogen) atoms. The molecule has 0 atom stereocenters. The van der Waals surface area contributed by atoms with Crippen molar-refractivity contribution in [2.75, 3.05) is 26.2 Å². The number of nitrogens with zero attached hydrogens (tertiary/aromatic N) is 3. The van der Waals surface area contributed by atoms with Gasteiger partial charge in [0.15, 0.2) is 0 Å². The topological polar surface area (TPSA) is 49.6 Å². The van der Waals surface area contributed by atoms with Crippen LogP contribution in [-0.4, -0.2) is 53.1 Å². The molecule has 1 saturated heterocycles. The predicted molar refractivity (Wildman–Crippen MR) is 132 cm³/mol. The van der Waals surface area contributed by atoms with Crippen molar-refractivity contribution in [3.8, 4) is 0 Å². The molecule has 2 heterocycles. The van der Waals surface area contributed by atoms with E-state index >= 15 is 0 Å². The van der Waals surface area contributed by atoms with Crippen molar-refractivity contribution < 1.29 is 9.32 Å². The second kappa shape index (κ2) is 11.3. The van der Waals surface area contributed by atoms with E-state index < -0.39 is 0 Å². The molecule has 0 unspecified atom stereocenters. The average Bonchev–Trinajstić information content (AvgIpc) is 3.46. The fourth-order valence-corrected chi connectivity index (χ4v) is 5.74. The maximum atomic E-state index is 13.3. The highest BCUT2D eigenvalue weighted by atomic mass is 16.5. The summed E-state index contributed by atoms with van der Waals surface area (Å²) in [6.07, 6.45) is 9.70. The summed E-state index contributed by atoms with van der Waals surface area (Å²) in [7, 11) is 0. The first-order valence-electron chi connectivity index (χ1n) is 13.0. The maximum absolute atomic E-state index is 13.3. The van der Waals surface area contributed by atoms with Crippen LogP contribution in [0.15, 0.2) is 28.8 Å². The van der Waals surface area contributed by atoms with Crippen LogP contribution in [0.4, 0.5) is 0 Å². The minimum atomic E-state index is 0.323. The molecule has 2 fully saturated rings. The van der Waals surface area contributed by atoms with E-state index in [0.717, 1.165) is 56.0 Å². The monoisotopic (exact) mass is 451 g/mol. The molecule has 0 N–H and O–H groups in total. The Kier molecular flexibility index (Phi) is 8.24. The summed E-state index contributed by atoms with van der Waals surface area (Å²) in [5.41, 5.74) is 4.90. The van der Waals surface area contributed by atoms with Gasteiger partial charge in [0.2, 0.25) is 5.91 Å². The number of carbonyl (C=O) groups is 1. The van der Waals surface area contributed by atoms with Crippen LogP contribution >= 0.6 is 0 Å². The van der Waals surface area contributed by atoms with Crippen molar-refractivity contribution in [1.82, 2.24) is 15.0 Å². The minimum absolute atomic E-state index is 0.323. The summed E-state index contributed by atoms with van der Waals surface area (Å²) in [6.45, 7) is 10.5. The fourth-order valence-electron chi connectivity index (χ4n) is 5.74. The third-order valence-electron chi connectivity index (χ3n) is 7.98. The molecule has 1 aliphatic heterocycles. The van der Waals surface area contributed by atoms with Crippen molar-refractivity contribution in [2.24, 2.45) is 5.92 Å². The minimum Gasteiger partial charge on any atom is -0.361 e. The van der Waals surface area contributed by atoms with Gasteiger partial charge in [-0.05, 0) is 89.4 Å². The molecule has 2 aliphatic rings. The first kappa shape index (κ1) is 24.0. The Morgan fingerprint density at radius 2 is 1.79 bits per heavy atom. The van der Waals surface area contributed by atoms with Crippen LogP contribution in [0, 0.1) is 26.7 Å². The van der Waals surface area contributed by atoms with E-state index in [0.29, 0.717) is 24.3 Å². The van der Waals surface area contributed by atoms with Crippen LogP contribution in [0.3, 0.4) is 0 Å². The van der Waals surface area contributed by atoms with Crippen molar-refractivity contribution in [1.29, 1.82) is 0 Å². The van der Waals surface area contributed by atoms with Gasteiger partial charge in [-0.15, -0.1) is 0 Å². The molecule has 0 radical (unpaired) electrons. The van der Waals surface area contributed by atoms with Crippen LogP contribution in [0.25, 0.3) is 0 Å². The quantitative estimate of drug-likeness (QED) is 0.522. The molecule has 5 nitrogen and oxygen atoms in total. The summed E-state index contributed by atoms with van der Waals surface area (Å²) < 4.78 is 5.29. The number of hydrogen-bond acceptors (Lipinski definition) is 4. The van der Waals surface area contributed by atoms with Gasteiger partial charge in [0.05, 0.1) is 5.69 Å². The molecule has 4 rings (SSSR count). The van der Waals surface area contributed by atoms with Crippen molar-refractivity contribution in [3.05, 3.63) is 52.4 Å². The molecule has 2 aromatic rings. The Balaban J connectivity index is 1.28. The Morgan fingerprint density at radius 3 is 2.45 bits per heavy atom. The lowest BCUT2D eigenvalue weighted by Crippen LogP contribution is -2.45. The summed E-state index contributed by atoms with van der Waals surface area (Å²) in [4.78, 5) is 18.2. The van der Waals surface area contributed by atoms with Gasteiger partial charge in [0.1, 0.15) is 5.76 Å². The molecule has 1 amide bonds. The zero-order valence-electron chi connectivity index (χ0n) is 20.8. The number of likely N-dealkylation sites (tertiary alicyclic amines) is 1. The Labute approximate surface area is 199 Å². The largest absolute Gasteiger partial charge is 0.361 e. The van der Waals surface area contributed by atoms with E-state index in [4.69, 9.17) is 4.52 Å². The van der Waals surface area contributed by atoms with Crippen molar-refractivity contribution in [2.45, 2.75) is 84.6 Å². The fraction of sp³-hybridized carbons (Fsp3) is 0.643. The lowest BCUT2D eigenvalue weighted by molar-refractivity contribution is -0.134. The number of piperidine rings is 1. The third kappa shape index (κ3) is 6.26. The van der Waals surface area contributed by atoms with E-state index in [1.54, 1.807) is 0 Å². The number of aromatic nitrogens is 1. The van der Waals surface area contributed by atoms with E-state index in [1.165, 1.54) is 49.7 Å². The molecule has 180 valence electrons. The van der Waals surface area contributed by atoms with Gasteiger partial charge in [0, 0.05) is 31.1 Å². The van der Waals surface area contributed by atoms with E-state index in [2.05, 4.69) is 46.1 Å². The Morgan fingerprint density at radius 1 is 1.06 bits per heavy atom. The molecule has 1 aliphatic carbocycles. The number of benzene rings is 1. The van der Waals surface area contributed by atoms with Gasteiger partial charge in [0.25, 0.3) is 0 Å². The zero-order chi connectivity index (χ0) is 23.2. The summed E-state index contributed by atoms with van der Waals surface area (Å²) >= 11 is 0. The van der Waals surface area contributed by atoms with Crippen LogP contribution < -0.4 is 0 Å². The van der Waals surface area contributed by atoms with Crippen LogP contribution in [0.1, 0.15) is 73.1 Å². The van der Waals surface area contributed by atoms with Gasteiger partial charge in [-0.1, -0.05) is 42.3 Å². The van der Waals surface area contributed by atoms with Crippen LogP contribution in [0.2, 0.25) is 0 Å². The molecule has 0 bridgehead atoms. The second-order valence-electron chi connectivity index (χ2n) is 10.2. The van der Waals surface area contributed by atoms with Gasteiger partial charge in [-0.2, -0.15) is 0 Å².